The first-order valence-corrected chi connectivity index (χ1v) is 12.0. The molecule has 5 nitrogen and oxygen atoms in total. The molecule has 1 aliphatic heterocycles. The number of carbonyl (C=O) groups is 2. The number of amides is 2. The lowest BCUT2D eigenvalue weighted by Crippen LogP contribution is -2.56. The van der Waals surface area contributed by atoms with Crippen molar-refractivity contribution in [3.05, 3.63) is 94.5 Å². The number of ether oxygens (including phenoxy) is 1. The van der Waals surface area contributed by atoms with Gasteiger partial charge in [-0.3, -0.25) is 19.4 Å². The lowest BCUT2D eigenvalue weighted by Gasteiger charge is -2.36. The summed E-state index contributed by atoms with van der Waals surface area (Å²) < 4.78 is 6.56. The number of hydrogen-bond acceptors (Lipinski definition) is 4. The number of thiocarbonyl (C=S) groups is 1. The third-order valence-electron chi connectivity index (χ3n) is 5.12. The van der Waals surface area contributed by atoms with E-state index < -0.39 is 11.8 Å². The van der Waals surface area contributed by atoms with E-state index in [-0.39, 0.29) is 10.7 Å². The second-order valence-electron chi connectivity index (χ2n) is 8.19. The van der Waals surface area contributed by atoms with Crippen LogP contribution in [0.2, 0.25) is 0 Å². The molecule has 1 aliphatic rings. The molecule has 3 aromatic carbocycles. The summed E-state index contributed by atoms with van der Waals surface area (Å²) in [6, 6.07) is 23.6. The van der Waals surface area contributed by atoms with Crippen LogP contribution in [-0.2, 0) is 9.59 Å². The zero-order valence-electron chi connectivity index (χ0n) is 18.8. The molecule has 7 heteroatoms. The highest BCUT2D eigenvalue weighted by Crippen LogP contribution is 2.31. The molecule has 0 radical (unpaired) electrons. The number of rotatable bonds is 6. The quantitative estimate of drug-likeness (QED) is 0.213. The summed E-state index contributed by atoms with van der Waals surface area (Å²) in [5.74, 6) is 0.160. The van der Waals surface area contributed by atoms with Crippen molar-refractivity contribution in [3.8, 4) is 5.75 Å². The van der Waals surface area contributed by atoms with Crippen molar-refractivity contribution in [2.24, 2.45) is 5.92 Å². The topological polar surface area (TPSA) is 49.9 Å². The summed E-state index contributed by atoms with van der Waals surface area (Å²) in [5, 5.41) is 0.114. The Bertz CT molecular complexity index is 1200. The second kappa shape index (κ2) is 10.3. The smallest absolute Gasteiger partial charge is 0.270 e. The number of nitrogens with zero attached hydrogens (tertiary/aromatic N) is 2. The van der Waals surface area contributed by atoms with Gasteiger partial charge in [-0.1, -0.05) is 56.3 Å². The maximum Gasteiger partial charge on any atom is 0.270 e. The third-order valence-corrected chi connectivity index (χ3v) is 6.10. The van der Waals surface area contributed by atoms with Crippen molar-refractivity contribution in [3.63, 3.8) is 0 Å². The van der Waals surface area contributed by atoms with Gasteiger partial charge in [0.05, 0.1) is 22.5 Å². The van der Waals surface area contributed by atoms with Crippen LogP contribution >= 0.6 is 28.1 Å². The minimum Gasteiger partial charge on any atom is -0.492 e. The van der Waals surface area contributed by atoms with Crippen molar-refractivity contribution >= 4 is 62.5 Å². The number of para-hydroxylation sites is 2. The maximum absolute atomic E-state index is 13.5. The van der Waals surface area contributed by atoms with Crippen molar-refractivity contribution in [2.75, 3.05) is 16.4 Å². The zero-order chi connectivity index (χ0) is 24.2. The molecule has 0 saturated carbocycles. The van der Waals surface area contributed by atoms with Crippen molar-refractivity contribution < 1.29 is 14.3 Å². The Kier molecular flexibility index (Phi) is 7.24. The minimum absolute atomic E-state index is 0.0176. The normalized spacial score (nSPS) is 14.1. The third kappa shape index (κ3) is 4.95. The van der Waals surface area contributed by atoms with Crippen molar-refractivity contribution in [1.82, 2.24) is 0 Å². The van der Waals surface area contributed by atoms with Crippen LogP contribution < -0.4 is 14.5 Å². The Balaban J connectivity index is 1.77. The highest BCUT2D eigenvalue weighted by Gasteiger charge is 2.41. The predicted octanol–water partition coefficient (Wildman–Crippen LogP) is 6.23. The highest BCUT2D eigenvalue weighted by atomic mass is 79.9. The summed E-state index contributed by atoms with van der Waals surface area (Å²) in [4.78, 5) is 29.9. The van der Waals surface area contributed by atoms with Gasteiger partial charge in [0.25, 0.3) is 11.8 Å². The fourth-order valence-corrected chi connectivity index (χ4v) is 4.37. The van der Waals surface area contributed by atoms with Gasteiger partial charge in [-0.25, -0.2) is 0 Å². The minimum atomic E-state index is -0.468. The number of hydrogen-bond donors (Lipinski definition) is 0. The van der Waals surface area contributed by atoms with Crippen LogP contribution in [0.4, 0.5) is 11.4 Å². The molecular weight excluding hydrogens is 512 g/mol. The Hall–Kier alpha value is -3.29. The zero-order valence-corrected chi connectivity index (χ0v) is 21.2. The second-order valence-corrected chi connectivity index (χ2v) is 9.41. The van der Waals surface area contributed by atoms with Gasteiger partial charge in [0, 0.05) is 0 Å². The van der Waals surface area contributed by atoms with Crippen LogP contribution in [0.15, 0.2) is 88.9 Å². The van der Waals surface area contributed by atoms with E-state index in [4.69, 9.17) is 17.0 Å². The predicted molar refractivity (Wildman–Crippen MR) is 143 cm³/mol. The molecule has 4 rings (SSSR count). The number of anilines is 2. The standard InChI is InChI=1S/C27H23BrN2O3S/c1-18(2)17-33-24-14-13-19(16-23(24)28)15-22-25(31)29(20-9-5-3-6-10-20)27(34)30(26(22)32)21-11-7-4-8-12-21/h3-16,18H,17H2,1-2H3. The largest absolute Gasteiger partial charge is 0.492 e. The van der Waals surface area contributed by atoms with E-state index >= 15 is 0 Å². The Labute approximate surface area is 212 Å². The molecular formula is C27H23BrN2O3S. The molecule has 3 aromatic rings. The monoisotopic (exact) mass is 534 g/mol. The van der Waals surface area contributed by atoms with Gasteiger partial charge in [-0.05, 0) is 82.1 Å². The molecule has 0 N–H and O–H groups in total. The van der Waals surface area contributed by atoms with Gasteiger partial charge in [-0.15, -0.1) is 0 Å². The lowest BCUT2D eigenvalue weighted by atomic mass is 10.0. The summed E-state index contributed by atoms with van der Waals surface area (Å²) in [7, 11) is 0. The average Bonchev–Trinajstić information content (AvgIpc) is 2.82. The lowest BCUT2D eigenvalue weighted by molar-refractivity contribution is -0.120. The van der Waals surface area contributed by atoms with E-state index in [1.54, 1.807) is 30.3 Å². The van der Waals surface area contributed by atoms with E-state index in [9.17, 15) is 9.59 Å². The van der Waals surface area contributed by atoms with Gasteiger partial charge in [0.2, 0.25) is 0 Å². The first-order valence-electron chi connectivity index (χ1n) is 10.8. The van der Waals surface area contributed by atoms with Crippen LogP contribution in [0, 0.1) is 5.92 Å². The number of carbonyl (C=O) groups excluding carboxylic acids is 2. The van der Waals surface area contributed by atoms with Crippen molar-refractivity contribution in [1.29, 1.82) is 0 Å². The van der Waals surface area contributed by atoms with E-state index in [1.165, 1.54) is 9.80 Å². The van der Waals surface area contributed by atoms with E-state index in [0.717, 1.165) is 4.47 Å². The van der Waals surface area contributed by atoms with Crippen LogP contribution in [0.5, 0.6) is 5.75 Å². The Morgan fingerprint density at radius 1 is 0.882 bits per heavy atom. The van der Waals surface area contributed by atoms with Crippen LogP contribution in [-0.4, -0.2) is 23.5 Å². The maximum atomic E-state index is 13.5. The summed E-state index contributed by atoms with van der Waals surface area (Å²) in [5.41, 5.74) is 1.89. The SMILES string of the molecule is CC(C)COc1ccc(C=C2C(=O)N(c3ccccc3)C(=S)N(c3ccccc3)C2=O)cc1Br. The molecule has 0 aromatic heterocycles. The van der Waals surface area contributed by atoms with E-state index in [0.29, 0.717) is 35.2 Å². The van der Waals surface area contributed by atoms with E-state index in [2.05, 4.69) is 29.8 Å². The molecule has 2 amide bonds. The van der Waals surface area contributed by atoms with Crippen LogP contribution in [0.1, 0.15) is 19.4 Å². The summed E-state index contributed by atoms with van der Waals surface area (Å²) in [6.45, 7) is 4.74. The van der Waals surface area contributed by atoms with Gasteiger partial charge < -0.3 is 4.74 Å². The molecule has 172 valence electrons. The molecule has 0 aliphatic carbocycles. The fraction of sp³-hybridized carbons (Fsp3) is 0.148. The number of halogens is 1. The van der Waals surface area contributed by atoms with Crippen LogP contribution in [0.3, 0.4) is 0 Å². The average molecular weight is 535 g/mol. The summed E-state index contributed by atoms with van der Waals surface area (Å²) in [6.07, 6.45) is 1.59. The highest BCUT2D eigenvalue weighted by molar-refractivity contribution is 9.10. The van der Waals surface area contributed by atoms with E-state index in [1.807, 2.05) is 54.6 Å². The molecule has 0 atom stereocenters. The first kappa shape index (κ1) is 23.9. The summed E-state index contributed by atoms with van der Waals surface area (Å²) >= 11 is 9.16. The van der Waals surface area contributed by atoms with Gasteiger partial charge >= 0.3 is 0 Å². The van der Waals surface area contributed by atoms with Gasteiger partial charge in [0.1, 0.15) is 11.3 Å². The molecule has 0 spiro atoms. The number of benzene rings is 3. The first-order chi connectivity index (χ1) is 16.4. The molecule has 1 saturated heterocycles. The molecule has 0 unspecified atom stereocenters. The Morgan fingerprint density at radius 2 is 1.41 bits per heavy atom. The molecule has 34 heavy (non-hydrogen) atoms. The molecule has 1 heterocycles. The Morgan fingerprint density at radius 3 is 1.88 bits per heavy atom. The fourth-order valence-electron chi connectivity index (χ4n) is 3.49. The van der Waals surface area contributed by atoms with Crippen LogP contribution in [0.25, 0.3) is 6.08 Å². The van der Waals surface area contributed by atoms with Crippen molar-refractivity contribution in [2.45, 2.75) is 13.8 Å². The van der Waals surface area contributed by atoms with Gasteiger partial charge in [-0.2, -0.15) is 0 Å². The van der Waals surface area contributed by atoms with Gasteiger partial charge in [0.15, 0.2) is 5.11 Å². The molecule has 0 bridgehead atoms. The molecule has 1 fully saturated rings.